The molecule has 0 saturated carbocycles. The molecule has 0 aromatic heterocycles. The van der Waals surface area contributed by atoms with E-state index in [1.54, 1.807) is 0 Å². The fourth-order valence-electron chi connectivity index (χ4n) is 0.673. The van der Waals surface area contributed by atoms with E-state index in [4.69, 9.17) is 10.5 Å². The topological polar surface area (TPSA) is 64.3 Å². The van der Waals surface area contributed by atoms with Gasteiger partial charge in [0.2, 0.25) is 0 Å². The highest BCUT2D eigenvalue weighted by atomic mass is 35.5. The quantitative estimate of drug-likeness (QED) is 0.767. The fourth-order valence-corrected chi connectivity index (χ4v) is 0.673. The molecule has 0 aromatic carbocycles. The van der Waals surface area contributed by atoms with Crippen molar-refractivity contribution in [1.29, 1.82) is 0 Å². The lowest BCUT2D eigenvalue weighted by atomic mass is 10.2. The molecule has 86 valence electrons. The number of carbonyl (C=O) groups is 1. The first-order valence-corrected chi connectivity index (χ1v) is 4.57. The van der Waals surface area contributed by atoms with Gasteiger partial charge in [-0.1, -0.05) is 6.92 Å². The molecule has 0 rings (SSSR count). The summed E-state index contributed by atoms with van der Waals surface area (Å²) >= 11 is 0. The first-order valence-electron chi connectivity index (χ1n) is 4.57. The largest absolute Gasteiger partial charge is 0.444 e. The minimum Gasteiger partial charge on any atom is -0.444 e. The fraction of sp³-hybridized carbons (Fsp3) is 0.889. The van der Waals surface area contributed by atoms with Crippen LogP contribution in [-0.4, -0.2) is 24.3 Å². The summed E-state index contributed by atoms with van der Waals surface area (Å²) in [6, 6.07) is 0.00696. The summed E-state index contributed by atoms with van der Waals surface area (Å²) in [7, 11) is 0. The second-order valence-corrected chi connectivity index (χ2v) is 4.05. The molecule has 14 heavy (non-hydrogen) atoms. The molecule has 0 fully saturated rings. The molecule has 0 unspecified atom stereocenters. The van der Waals surface area contributed by atoms with Gasteiger partial charge in [-0.15, -0.1) is 12.4 Å². The zero-order chi connectivity index (χ0) is 10.5. The van der Waals surface area contributed by atoms with E-state index in [0.717, 1.165) is 6.42 Å². The maximum atomic E-state index is 11.1. The Labute approximate surface area is 92.0 Å². The summed E-state index contributed by atoms with van der Waals surface area (Å²) in [5.41, 5.74) is 5.17. The molecule has 0 aliphatic rings. The van der Waals surface area contributed by atoms with Crippen LogP contribution in [0.4, 0.5) is 4.79 Å². The smallest absolute Gasteiger partial charge is 0.407 e. The molecule has 0 radical (unpaired) electrons. The van der Waals surface area contributed by atoms with Crippen molar-refractivity contribution < 1.29 is 9.53 Å². The summed E-state index contributed by atoms with van der Waals surface area (Å²) in [5, 5.41) is 2.60. The standard InChI is InChI=1S/C9H20N2O2.ClH/c1-5-7(10)6-11-8(12)13-9(2,3)4;/h7H,5-6,10H2,1-4H3,(H,11,12);1H/t7-;/m0./s1. The van der Waals surface area contributed by atoms with E-state index in [2.05, 4.69) is 5.32 Å². The minimum absolute atomic E-state index is 0. The molecule has 0 spiro atoms. The third kappa shape index (κ3) is 9.61. The van der Waals surface area contributed by atoms with E-state index >= 15 is 0 Å². The van der Waals surface area contributed by atoms with E-state index in [9.17, 15) is 4.79 Å². The number of ether oxygens (including phenoxy) is 1. The van der Waals surface area contributed by atoms with Crippen LogP contribution in [0, 0.1) is 0 Å². The van der Waals surface area contributed by atoms with Crippen molar-refractivity contribution >= 4 is 18.5 Å². The molecule has 0 aliphatic heterocycles. The Morgan fingerprint density at radius 3 is 2.36 bits per heavy atom. The molecule has 0 bridgehead atoms. The van der Waals surface area contributed by atoms with E-state index < -0.39 is 11.7 Å². The Morgan fingerprint density at radius 1 is 1.50 bits per heavy atom. The predicted molar refractivity (Wildman–Crippen MR) is 59.8 cm³/mol. The lowest BCUT2D eigenvalue weighted by molar-refractivity contribution is 0.0524. The molecule has 1 amide bonds. The van der Waals surface area contributed by atoms with Gasteiger partial charge < -0.3 is 15.8 Å². The van der Waals surface area contributed by atoms with Gasteiger partial charge in [0.05, 0.1) is 0 Å². The van der Waals surface area contributed by atoms with Crippen molar-refractivity contribution in [3.05, 3.63) is 0 Å². The van der Waals surface area contributed by atoms with Crippen LogP contribution in [0.5, 0.6) is 0 Å². The monoisotopic (exact) mass is 224 g/mol. The Balaban J connectivity index is 0. The number of rotatable bonds is 3. The third-order valence-electron chi connectivity index (χ3n) is 1.43. The zero-order valence-electron chi connectivity index (χ0n) is 9.29. The minimum atomic E-state index is -0.444. The maximum Gasteiger partial charge on any atom is 0.407 e. The highest BCUT2D eigenvalue weighted by molar-refractivity contribution is 5.85. The summed E-state index contributed by atoms with van der Waals surface area (Å²) < 4.78 is 5.03. The number of hydrogen-bond donors (Lipinski definition) is 2. The van der Waals surface area contributed by atoms with Crippen molar-refractivity contribution in [3.63, 3.8) is 0 Å². The third-order valence-corrected chi connectivity index (χ3v) is 1.43. The molecule has 0 aliphatic carbocycles. The number of carbonyl (C=O) groups excluding carboxylic acids is 1. The van der Waals surface area contributed by atoms with Crippen LogP contribution in [0.1, 0.15) is 34.1 Å². The second kappa shape index (κ2) is 6.90. The van der Waals surface area contributed by atoms with Gasteiger partial charge in [-0.25, -0.2) is 4.79 Å². The van der Waals surface area contributed by atoms with Crippen LogP contribution in [0.3, 0.4) is 0 Å². The van der Waals surface area contributed by atoms with Gasteiger partial charge in [0, 0.05) is 12.6 Å². The van der Waals surface area contributed by atoms with Crippen molar-refractivity contribution in [3.8, 4) is 0 Å². The first kappa shape index (κ1) is 16.0. The van der Waals surface area contributed by atoms with Gasteiger partial charge in [-0.2, -0.15) is 0 Å². The van der Waals surface area contributed by atoms with Gasteiger partial charge in [-0.3, -0.25) is 0 Å². The average molecular weight is 225 g/mol. The number of hydrogen-bond acceptors (Lipinski definition) is 3. The predicted octanol–water partition coefficient (Wildman–Crippen LogP) is 1.67. The molecule has 0 heterocycles. The highest BCUT2D eigenvalue weighted by Gasteiger charge is 2.15. The van der Waals surface area contributed by atoms with E-state index in [-0.39, 0.29) is 18.4 Å². The lowest BCUT2D eigenvalue weighted by Gasteiger charge is -2.20. The molecular weight excluding hydrogens is 204 g/mol. The summed E-state index contributed by atoms with van der Waals surface area (Å²) in [4.78, 5) is 11.1. The Morgan fingerprint density at radius 2 is 2.00 bits per heavy atom. The molecule has 0 saturated heterocycles. The van der Waals surface area contributed by atoms with E-state index in [1.165, 1.54) is 0 Å². The maximum absolute atomic E-state index is 11.1. The molecule has 5 heteroatoms. The lowest BCUT2D eigenvalue weighted by Crippen LogP contribution is -2.39. The molecular formula is C9H21ClN2O2. The van der Waals surface area contributed by atoms with Gasteiger partial charge in [-0.05, 0) is 27.2 Å². The number of nitrogens with two attached hydrogens (primary N) is 1. The SMILES string of the molecule is CC[C@H](N)CNC(=O)OC(C)(C)C.Cl. The summed E-state index contributed by atoms with van der Waals surface area (Å²) in [5.74, 6) is 0. The highest BCUT2D eigenvalue weighted by Crippen LogP contribution is 2.06. The van der Waals surface area contributed by atoms with E-state index in [0.29, 0.717) is 6.54 Å². The summed E-state index contributed by atoms with van der Waals surface area (Å²) in [6.45, 7) is 7.91. The molecule has 3 N–H and O–H groups in total. The van der Waals surface area contributed by atoms with E-state index in [1.807, 2.05) is 27.7 Å². The summed E-state index contributed by atoms with van der Waals surface area (Å²) in [6.07, 6.45) is 0.437. The molecule has 1 atom stereocenters. The van der Waals surface area contributed by atoms with Crippen LogP contribution < -0.4 is 11.1 Å². The van der Waals surface area contributed by atoms with Crippen molar-refractivity contribution in [2.24, 2.45) is 5.73 Å². The van der Waals surface area contributed by atoms with Crippen LogP contribution in [0.25, 0.3) is 0 Å². The van der Waals surface area contributed by atoms with Crippen LogP contribution in [0.2, 0.25) is 0 Å². The van der Waals surface area contributed by atoms with Gasteiger partial charge >= 0.3 is 6.09 Å². The zero-order valence-corrected chi connectivity index (χ0v) is 10.1. The Hall–Kier alpha value is -0.480. The van der Waals surface area contributed by atoms with Gasteiger partial charge in [0.25, 0.3) is 0 Å². The van der Waals surface area contributed by atoms with Gasteiger partial charge in [0.1, 0.15) is 5.60 Å². The number of halogens is 1. The van der Waals surface area contributed by atoms with Crippen molar-refractivity contribution in [1.82, 2.24) is 5.32 Å². The van der Waals surface area contributed by atoms with Crippen molar-refractivity contribution in [2.45, 2.75) is 45.8 Å². The van der Waals surface area contributed by atoms with Crippen LogP contribution in [-0.2, 0) is 4.74 Å². The van der Waals surface area contributed by atoms with Crippen LogP contribution in [0.15, 0.2) is 0 Å². The molecule has 4 nitrogen and oxygen atoms in total. The van der Waals surface area contributed by atoms with Crippen LogP contribution >= 0.6 is 12.4 Å². The number of alkyl carbamates (subject to hydrolysis) is 1. The van der Waals surface area contributed by atoms with Crippen molar-refractivity contribution in [2.75, 3.05) is 6.54 Å². The van der Waals surface area contributed by atoms with Gasteiger partial charge in [0.15, 0.2) is 0 Å². The number of amides is 1. The average Bonchev–Trinajstić information content (AvgIpc) is 1.97. The Bertz CT molecular complexity index is 169. The second-order valence-electron chi connectivity index (χ2n) is 4.05. The Kier molecular flexibility index (Phi) is 7.87. The normalized spacial score (nSPS) is 12.6. The number of nitrogens with one attached hydrogen (secondary N) is 1. The first-order chi connectivity index (χ1) is 5.85. The molecule has 0 aromatic rings.